The van der Waals surface area contributed by atoms with Gasteiger partial charge in [-0.3, -0.25) is 4.79 Å². The minimum absolute atomic E-state index is 0.122. The summed E-state index contributed by atoms with van der Waals surface area (Å²) in [6, 6.07) is 21.1. The quantitative estimate of drug-likeness (QED) is 0.517. The molecule has 0 aliphatic rings. The lowest BCUT2D eigenvalue weighted by Crippen LogP contribution is -2.25. The van der Waals surface area contributed by atoms with E-state index < -0.39 is 0 Å². The summed E-state index contributed by atoms with van der Waals surface area (Å²) in [6.45, 7) is 1.68. The van der Waals surface area contributed by atoms with E-state index in [1.807, 2.05) is 54.6 Å². The first-order valence-corrected chi connectivity index (χ1v) is 9.53. The maximum atomic E-state index is 12.2. The van der Waals surface area contributed by atoms with E-state index in [1.54, 1.807) is 25.4 Å². The number of hydrogen-bond acceptors (Lipinski definition) is 5. The van der Waals surface area contributed by atoms with Crippen molar-refractivity contribution in [2.24, 2.45) is 0 Å². The second-order valence-corrected chi connectivity index (χ2v) is 6.37. The summed E-state index contributed by atoms with van der Waals surface area (Å²) < 4.78 is 10.8. The number of pyridine rings is 1. The highest BCUT2D eigenvalue weighted by Gasteiger charge is 2.06. The zero-order valence-corrected chi connectivity index (χ0v) is 16.4. The normalized spacial score (nSPS) is 10.2. The number of amides is 1. The fraction of sp³-hybridized carbons (Fsp3) is 0.217. The summed E-state index contributed by atoms with van der Waals surface area (Å²) in [4.78, 5) is 16.5. The average molecular weight is 391 g/mol. The first-order valence-electron chi connectivity index (χ1n) is 9.53. The van der Waals surface area contributed by atoms with Crippen LogP contribution in [0.5, 0.6) is 11.5 Å². The van der Waals surface area contributed by atoms with E-state index >= 15 is 0 Å². The van der Waals surface area contributed by atoms with Crippen molar-refractivity contribution in [3.8, 4) is 11.5 Å². The van der Waals surface area contributed by atoms with E-state index in [2.05, 4.69) is 15.6 Å². The van der Waals surface area contributed by atoms with Gasteiger partial charge >= 0.3 is 0 Å². The number of nitrogens with one attached hydrogen (secondary N) is 2. The third-order valence-corrected chi connectivity index (χ3v) is 4.30. The van der Waals surface area contributed by atoms with Crippen molar-refractivity contribution in [1.82, 2.24) is 10.3 Å². The van der Waals surface area contributed by atoms with Crippen LogP contribution in [0.25, 0.3) is 0 Å². The fourth-order valence-corrected chi connectivity index (χ4v) is 2.72. The van der Waals surface area contributed by atoms with Crippen molar-refractivity contribution < 1.29 is 14.3 Å². The van der Waals surface area contributed by atoms with Crippen LogP contribution in [0.4, 0.5) is 5.82 Å². The summed E-state index contributed by atoms with van der Waals surface area (Å²) >= 11 is 0. The van der Waals surface area contributed by atoms with Crippen LogP contribution in [-0.2, 0) is 6.42 Å². The molecule has 29 heavy (non-hydrogen) atoms. The first kappa shape index (κ1) is 20.2. The van der Waals surface area contributed by atoms with Crippen molar-refractivity contribution in [2.45, 2.75) is 6.42 Å². The molecule has 0 saturated carbocycles. The van der Waals surface area contributed by atoms with Crippen LogP contribution in [-0.4, -0.2) is 37.7 Å². The Kier molecular flexibility index (Phi) is 7.46. The van der Waals surface area contributed by atoms with Crippen LogP contribution in [0.15, 0.2) is 72.9 Å². The third-order valence-electron chi connectivity index (χ3n) is 4.30. The summed E-state index contributed by atoms with van der Waals surface area (Å²) in [5.41, 5.74) is 1.74. The van der Waals surface area contributed by atoms with Gasteiger partial charge in [-0.2, -0.15) is 0 Å². The number of hydrogen-bond donors (Lipinski definition) is 2. The summed E-state index contributed by atoms with van der Waals surface area (Å²) in [7, 11) is 1.63. The lowest BCUT2D eigenvalue weighted by Gasteiger charge is -2.09. The molecular formula is C23H25N3O3. The molecule has 1 heterocycles. The molecule has 0 saturated heterocycles. The molecule has 0 spiro atoms. The van der Waals surface area contributed by atoms with E-state index in [0.29, 0.717) is 31.1 Å². The molecule has 6 heteroatoms. The van der Waals surface area contributed by atoms with Gasteiger partial charge in [0.2, 0.25) is 0 Å². The van der Waals surface area contributed by atoms with Crippen LogP contribution in [0.2, 0.25) is 0 Å². The smallest absolute Gasteiger partial charge is 0.252 e. The van der Waals surface area contributed by atoms with Gasteiger partial charge in [0.05, 0.1) is 19.2 Å². The summed E-state index contributed by atoms with van der Waals surface area (Å²) in [6.07, 6.45) is 2.37. The van der Waals surface area contributed by atoms with E-state index in [9.17, 15) is 4.79 Å². The molecule has 6 nitrogen and oxygen atoms in total. The fourth-order valence-electron chi connectivity index (χ4n) is 2.72. The molecule has 3 aromatic rings. The molecule has 0 radical (unpaired) electrons. The largest absolute Gasteiger partial charge is 0.497 e. The Bertz CT molecular complexity index is 882. The van der Waals surface area contributed by atoms with Gasteiger partial charge in [0.25, 0.3) is 5.91 Å². The van der Waals surface area contributed by atoms with Crippen molar-refractivity contribution >= 4 is 11.7 Å². The Morgan fingerprint density at radius 2 is 1.69 bits per heavy atom. The van der Waals surface area contributed by atoms with Crippen molar-refractivity contribution in [1.29, 1.82) is 0 Å². The van der Waals surface area contributed by atoms with E-state index in [0.717, 1.165) is 17.9 Å². The maximum Gasteiger partial charge on any atom is 0.252 e. The van der Waals surface area contributed by atoms with Crippen LogP contribution >= 0.6 is 0 Å². The van der Waals surface area contributed by atoms with Gasteiger partial charge < -0.3 is 20.1 Å². The minimum Gasteiger partial charge on any atom is -0.497 e. The van der Waals surface area contributed by atoms with E-state index in [4.69, 9.17) is 9.47 Å². The molecule has 2 N–H and O–H groups in total. The number of methoxy groups -OCH3 is 1. The molecular weight excluding hydrogens is 366 g/mol. The number of aromatic nitrogens is 1. The second kappa shape index (κ2) is 10.7. The average Bonchev–Trinajstić information content (AvgIpc) is 2.78. The minimum atomic E-state index is -0.122. The summed E-state index contributed by atoms with van der Waals surface area (Å²) in [5, 5.41) is 6.09. The zero-order chi connectivity index (χ0) is 20.3. The van der Waals surface area contributed by atoms with Crippen molar-refractivity contribution in [2.75, 3.05) is 32.1 Å². The predicted octanol–water partition coefficient (Wildman–Crippen LogP) is 3.55. The number of benzene rings is 2. The molecule has 0 unspecified atom stereocenters. The molecule has 0 aliphatic carbocycles. The van der Waals surface area contributed by atoms with E-state index in [1.165, 1.54) is 5.56 Å². The Hall–Kier alpha value is -3.54. The Morgan fingerprint density at radius 3 is 2.38 bits per heavy atom. The Balaban J connectivity index is 1.37. The molecule has 1 aromatic heterocycles. The Labute approximate surface area is 170 Å². The zero-order valence-electron chi connectivity index (χ0n) is 16.4. The highest BCUT2D eigenvalue weighted by atomic mass is 16.5. The topological polar surface area (TPSA) is 72.5 Å². The number of ether oxygens (including phenoxy) is 2. The summed E-state index contributed by atoms with van der Waals surface area (Å²) in [5.74, 6) is 2.15. The molecule has 0 aliphatic heterocycles. The van der Waals surface area contributed by atoms with Crippen LogP contribution < -0.4 is 20.1 Å². The monoisotopic (exact) mass is 391 g/mol. The van der Waals surface area contributed by atoms with Gasteiger partial charge in [-0.1, -0.05) is 30.3 Å². The Morgan fingerprint density at radius 1 is 0.931 bits per heavy atom. The lowest BCUT2D eigenvalue weighted by atomic mass is 10.1. The van der Waals surface area contributed by atoms with Gasteiger partial charge in [0, 0.05) is 12.7 Å². The second-order valence-electron chi connectivity index (χ2n) is 6.37. The highest BCUT2D eigenvalue weighted by molar-refractivity contribution is 5.94. The predicted molar refractivity (Wildman–Crippen MR) is 114 cm³/mol. The molecule has 1 amide bonds. The van der Waals surface area contributed by atoms with E-state index in [-0.39, 0.29) is 5.91 Å². The van der Waals surface area contributed by atoms with Gasteiger partial charge in [0.1, 0.15) is 23.9 Å². The molecule has 0 atom stereocenters. The molecule has 0 fully saturated rings. The SMILES string of the molecule is COc1ccc(OCCNc2ccc(C(=O)NCCc3ccccc3)cn2)cc1. The lowest BCUT2D eigenvalue weighted by molar-refractivity contribution is 0.0954. The van der Waals surface area contributed by atoms with Gasteiger partial charge in [-0.25, -0.2) is 4.98 Å². The van der Waals surface area contributed by atoms with Crippen LogP contribution in [0, 0.1) is 0 Å². The number of anilines is 1. The van der Waals surface area contributed by atoms with Crippen molar-refractivity contribution in [3.63, 3.8) is 0 Å². The number of nitrogens with zero attached hydrogens (tertiary/aromatic N) is 1. The van der Waals surface area contributed by atoms with Crippen molar-refractivity contribution in [3.05, 3.63) is 84.1 Å². The maximum absolute atomic E-state index is 12.2. The number of carbonyl (C=O) groups excluding carboxylic acids is 1. The number of rotatable bonds is 10. The van der Waals surface area contributed by atoms with Gasteiger partial charge in [0.15, 0.2) is 0 Å². The molecule has 0 bridgehead atoms. The van der Waals surface area contributed by atoms with Crippen LogP contribution in [0.1, 0.15) is 15.9 Å². The molecule has 2 aromatic carbocycles. The van der Waals surface area contributed by atoms with Crippen LogP contribution in [0.3, 0.4) is 0 Å². The molecule has 150 valence electrons. The third kappa shape index (κ3) is 6.53. The van der Waals surface area contributed by atoms with Gasteiger partial charge in [-0.05, 0) is 48.4 Å². The van der Waals surface area contributed by atoms with Gasteiger partial charge in [-0.15, -0.1) is 0 Å². The highest BCUT2D eigenvalue weighted by Crippen LogP contribution is 2.16. The first-order chi connectivity index (χ1) is 14.2. The number of carbonyl (C=O) groups is 1. The standard InChI is InChI=1S/C23H25N3O3/c1-28-20-8-10-21(11-9-20)29-16-15-24-22-12-7-19(17-26-22)23(27)25-14-13-18-5-3-2-4-6-18/h2-12,17H,13-16H2,1H3,(H,24,26)(H,25,27). The molecule has 3 rings (SSSR count).